The highest BCUT2D eigenvalue weighted by Crippen LogP contribution is 2.41. The summed E-state index contributed by atoms with van der Waals surface area (Å²) in [6, 6.07) is -0.0909. The number of carbonyl (C=O) groups is 2. The van der Waals surface area contributed by atoms with Crippen molar-refractivity contribution in [3.63, 3.8) is 0 Å². The summed E-state index contributed by atoms with van der Waals surface area (Å²) in [5, 5.41) is 12.1. The lowest BCUT2D eigenvalue weighted by molar-refractivity contribution is -0.143. The van der Waals surface area contributed by atoms with Crippen LogP contribution in [0, 0.1) is 11.8 Å². The number of nitrogens with one attached hydrogen (secondary N) is 1. The van der Waals surface area contributed by atoms with Crippen molar-refractivity contribution in [1.29, 1.82) is 0 Å². The number of amides is 1. The van der Waals surface area contributed by atoms with Crippen LogP contribution in [0.2, 0.25) is 0 Å². The van der Waals surface area contributed by atoms with Crippen LogP contribution in [0.3, 0.4) is 0 Å². The van der Waals surface area contributed by atoms with E-state index in [1.807, 2.05) is 0 Å². The predicted octanol–water partition coefficient (Wildman–Crippen LogP) is 0.400. The zero-order valence-electron chi connectivity index (χ0n) is 10.8. The second kappa shape index (κ2) is 4.44. The summed E-state index contributed by atoms with van der Waals surface area (Å²) in [6.07, 6.45) is 1.98. The molecule has 0 radical (unpaired) electrons. The van der Waals surface area contributed by atoms with Crippen LogP contribution in [0.25, 0.3) is 0 Å². The van der Waals surface area contributed by atoms with E-state index in [1.165, 1.54) is 0 Å². The molecule has 2 heterocycles. The number of aliphatic carboxylic acids is 1. The summed E-state index contributed by atoms with van der Waals surface area (Å²) in [6.45, 7) is 1.50. The lowest BCUT2D eigenvalue weighted by atomic mass is 9.86. The summed E-state index contributed by atoms with van der Waals surface area (Å²) in [5.74, 6) is -1.87. The van der Waals surface area contributed by atoms with E-state index < -0.39 is 17.5 Å². The van der Waals surface area contributed by atoms with Gasteiger partial charge in [-0.3, -0.25) is 9.59 Å². The van der Waals surface area contributed by atoms with E-state index in [2.05, 4.69) is 5.32 Å². The fraction of sp³-hybridized carbons (Fsp3) is 0.846. The van der Waals surface area contributed by atoms with Gasteiger partial charge in [0.15, 0.2) is 5.67 Å². The third kappa shape index (κ3) is 1.93. The van der Waals surface area contributed by atoms with Gasteiger partial charge >= 0.3 is 5.97 Å². The fourth-order valence-corrected chi connectivity index (χ4v) is 3.74. The Morgan fingerprint density at radius 3 is 2.89 bits per heavy atom. The first kappa shape index (κ1) is 12.8. The quantitative estimate of drug-likeness (QED) is 0.762. The largest absolute Gasteiger partial charge is 0.481 e. The summed E-state index contributed by atoms with van der Waals surface area (Å²) in [7, 11) is 0. The number of carboxylic acids is 1. The molecule has 0 bridgehead atoms. The highest BCUT2D eigenvalue weighted by atomic mass is 19.1. The van der Waals surface area contributed by atoms with Crippen LogP contribution in [-0.4, -0.2) is 53.2 Å². The van der Waals surface area contributed by atoms with Crippen LogP contribution in [0.15, 0.2) is 0 Å². The molecule has 5 nitrogen and oxygen atoms in total. The third-order valence-electron chi connectivity index (χ3n) is 4.93. The Bertz CT molecular complexity index is 417. The predicted molar refractivity (Wildman–Crippen MR) is 65.3 cm³/mol. The second-order valence-corrected chi connectivity index (χ2v) is 5.97. The molecule has 2 aliphatic heterocycles. The van der Waals surface area contributed by atoms with Crippen LogP contribution in [0.4, 0.5) is 4.39 Å². The monoisotopic (exact) mass is 270 g/mol. The maximum absolute atomic E-state index is 14.8. The summed E-state index contributed by atoms with van der Waals surface area (Å²) >= 11 is 0. The molecule has 2 N–H and O–H groups in total. The van der Waals surface area contributed by atoms with Crippen LogP contribution in [0.1, 0.15) is 25.7 Å². The molecule has 2 unspecified atom stereocenters. The van der Waals surface area contributed by atoms with E-state index >= 15 is 0 Å². The van der Waals surface area contributed by atoms with Gasteiger partial charge in [0.1, 0.15) is 0 Å². The first-order valence-electron chi connectivity index (χ1n) is 6.96. The standard InChI is InChI=1S/C13H19FN2O3/c14-13-3-4-15-6-9(13)7-16(12(13)19)10-2-1-8(5-10)11(17)18/h8-10,15H,1-7H2,(H,17,18)/t8?,9-,10?,13+/m0/s1. The molecule has 19 heavy (non-hydrogen) atoms. The van der Waals surface area contributed by atoms with E-state index in [4.69, 9.17) is 5.11 Å². The van der Waals surface area contributed by atoms with Crippen molar-refractivity contribution < 1.29 is 19.1 Å². The van der Waals surface area contributed by atoms with Crippen LogP contribution >= 0.6 is 0 Å². The number of nitrogens with zero attached hydrogens (tertiary/aromatic N) is 1. The van der Waals surface area contributed by atoms with Gasteiger partial charge in [0.25, 0.3) is 5.91 Å². The number of rotatable bonds is 2. The second-order valence-electron chi connectivity index (χ2n) is 5.97. The molecule has 3 rings (SSSR count). The van der Waals surface area contributed by atoms with Crippen molar-refractivity contribution in [3.05, 3.63) is 0 Å². The lowest BCUT2D eigenvalue weighted by Gasteiger charge is -2.29. The molecule has 0 aromatic heterocycles. The Kier molecular flexibility index (Phi) is 3.00. The van der Waals surface area contributed by atoms with E-state index in [-0.39, 0.29) is 24.3 Å². The molecule has 3 fully saturated rings. The summed E-state index contributed by atoms with van der Waals surface area (Å²) in [4.78, 5) is 24.9. The molecule has 106 valence electrons. The molecule has 1 saturated carbocycles. The maximum atomic E-state index is 14.8. The maximum Gasteiger partial charge on any atom is 0.306 e. The zero-order chi connectivity index (χ0) is 13.6. The smallest absolute Gasteiger partial charge is 0.306 e. The van der Waals surface area contributed by atoms with Crippen molar-refractivity contribution in [1.82, 2.24) is 10.2 Å². The van der Waals surface area contributed by atoms with Crippen molar-refractivity contribution in [2.24, 2.45) is 11.8 Å². The fourth-order valence-electron chi connectivity index (χ4n) is 3.74. The molecule has 0 aromatic carbocycles. The van der Waals surface area contributed by atoms with Gasteiger partial charge in [-0.15, -0.1) is 0 Å². The molecule has 1 amide bonds. The average Bonchev–Trinajstić information content (AvgIpc) is 2.94. The van der Waals surface area contributed by atoms with E-state index in [9.17, 15) is 14.0 Å². The molecule has 2 saturated heterocycles. The highest BCUT2D eigenvalue weighted by Gasteiger charge is 2.57. The Morgan fingerprint density at radius 1 is 1.47 bits per heavy atom. The number of piperidine rings is 1. The van der Waals surface area contributed by atoms with Crippen LogP contribution in [-0.2, 0) is 9.59 Å². The normalized spacial score (nSPS) is 42.5. The van der Waals surface area contributed by atoms with E-state index in [0.29, 0.717) is 38.9 Å². The van der Waals surface area contributed by atoms with Gasteiger partial charge in [0, 0.05) is 31.5 Å². The SMILES string of the molecule is O=C(O)C1CCC(N2C[C@@H]3CNCC[C@]3(F)C2=O)C1. The molecular formula is C13H19FN2O3. The van der Waals surface area contributed by atoms with Crippen LogP contribution in [0.5, 0.6) is 0 Å². The minimum Gasteiger partial charge on any atom is -0.481 e. The van der Waals surface area contributed by atoms with Gasteiger partial charge in [-0.1, -0.05) is 0 Å². The number of likely N-dealkylation sites (tertiary alicyclic amines) is 1. The third-order valence-corrected chi connectivity index (χ3v) is 4.93. The molecule has 4 atom stereocenters. The van der Waals surface area contributed by atoms with Gasteiger partial charge in [-0.2, -0.15) is 0 Å². The number of fused-ring (bicyclic) bond motifs is 1. The van der Waals surface area contributed by atoms with E-state index in [0.717, 1.165) is 0 Å². The minimum absolute atomic E-state index is 0.0909. The molecule has 1 aliphatic carbocycles. The van der Waals surface area contributed by atoms with Crippen molar-refractivity contribution in [3.8, 4) is 0 Å². The van der Waals surface area contributed by atoms with Crippen molar-refractivity contribution >= 4 is 11.9 Å². The first-order valence-corrected chi connectivity index (χ1v) is 6.96. The minimum atomic E-state index is -1.72. The average molecular weight is 270 g/mol. The van der Waals surface area contributed by atoms with E-state index in [1.54, 1.807) is 4.90 Å². The Morgan fingerprint density at radius 2 is 2.26 bits per heavy atom. The lowest BCUT2D eigenvalue weighted by Crippen LogP contribution is -2.49. The molecule has 3 aliphatic rings. The molecule has 0 aromatic rings. The van der Waals surface area contributed by atoms with Gasteiger partial charge in [0.2, 0.25) is 0 Å². The first-order chi connectivity index (χ1) is 9.02. The van der Waals surface area contributed by atoms with Crippen molar-refractivity contribution in [2.45, 2.75) is 37.4 Å². The topological polar surface area (TPSA) is 69.6 Å². The number of carboxylic acid groups (broad SMARTS) is 1. The van der Waals surface area contributed by atoms with Crippen molar-refractivity contribution in [2.75, 3.05) is 19.6 Å². The summed E-state index contributed by atoms with van der Waals surface area (Å²) in [5.41, 5.74) is -1.72. The van der Waals surface area contributed by atoms with Crippen LogP contribution < -0.4 is 5.32 Å². The Labute approximate surface area is 111 Å². The summed E-state index contributed by atoms with van der Waals surface area (Å²) < 4.78 is 14.8. The molecular weight excluding hydrogens is 251 g/mol. The van der Waals surface area contributed by atoms with Gasteiger partial charge < -0.3 is 15.3 Å². The Hall–Kier alpha value is -1.17. The number of carbonyl (C=O) groups excluding carboxylic acids is 1. The molecule has 6 heteroatoms. The Balaban J connectivity index is 1.73. The molecule has 0 spiro atoms. The number of alkyl halides is 1. The van der Waals surface area contributed by atoms with Gasteiger partial charge in [0.05, 0.1) is 5.92 Å². The number of hydrogen-bond acceptors (Lipinski definition) is 3. The highest BCUT2D eigenvalue weighted by molar-refractivity contribution is 5.88. The van der Waals surface area contributed by atoms with Gasteiger partial charge in [-0.25, -0.2) is 4.39 Å². The number of halogens is 1. The van der Waals surface area contributed by atoms with Gasteiger partial charge in [-0.05, 0) is 25.8 Å². The number of hydrogen-bond donors (Lipinski definition) is 2. The zero-order valence-corrected chi connectivity index (χ0v) is 10.8.